The van der Waals surface area contributed by atoms with Crippen molar-refractivity contribution in [2.24, 2.45) is 7.05 Å². The van der Waals surface area contributed by atoms with Gasteiger partial charge in [0.2, 0.25) is 0 Å². The van der Waals surface area contributed by atoms with Crippen LogP contribution in [0.15, 0.2) is 0 Å². The van der Waals surface area contributed by atoms with E-state index in [1.165, 1.54) is 0 Å². The molecular formula is C13H20N4O. The number of nitrogens with zero attached hydrogens (tertiary/aromatic N) is 4. The standard InChI is InChI=1S/C13H20N4O/c1-10-11(9-14)12(16(3)15-10)17-7-4-5-13(2,18)6-8-17/h18H,4-8H2,1-3H3. The number of rotatable bonds is 1. The lowest BCUT2D eigenvalue weighted by Crippen LogP contribution is -2.30. The topological polar surface area (TPSA) is 65.1 Å². The van der Waals surface area contributed by atoms with Gasteiger partial charge in [-0.1, -0.05) is 0 Å². The molecule has 0 aromatic carbocycles. The van der Waals surface area contributed by atoms with Gasteiger partial charge in [-0.25, -0.2) is 0 Å². The molecule has 0 spiro atoms. The Hall–Kier alpha value is -1.54. The van der Waals surface area contributed by atoms with Gasteiger partial charge in [-0.15, -0.1) is 0 Å². The minimum Gasteiger partial charge on any atom is -0.390 e. The van der Waals surface area contributed by atoms with Crippen molar-refractivity contribution < 1.29 is 5.11 Å². The first-order valence-electron chi connectivity index (χ1n) is 6.35. The quantitative estimate of drug-likeness (QED) is 0.814. The van der Waals surface area contributed by atoms with E-state index in [0.717, 1.165) is 43.9 Å². The normalized spacial score (nSPS) is 24.7. The first-order chi connectivity index (χ1) is 8.44. The fourth-order valence-corrected chi connectivity index (χ4v) is 2.61. The molecule has 1 fully saturated rings. The first-order valence-corrected chi connectivity index (χ1v) is 6.35. The van der Waals surface area contributed by atoms with E-state index in [0.29, 0.717) is 5.56 Å². The summed E-state index contributed by atoms with van der Waals surface area (Å²) in [7, 11) is 1.87. The molecule has 0 bridgehead atoms. The van der Waals surface area contributed by atoms with E-state index in [4.69, 9.17) is 0 Å². The van der Waals surface area contributed by atoms with Crippen LogP contribution < -0.4 is 4.90 Å². The summed E-state index contributed by atoms with van der Waals surface area (Å²) in [4.78, 5) is 2.17. The minimum absolute atomic E-state index is 0.588. The Labute approximate surface area is 108 Å². The van der Waals surface area contributed by atoms with Crippen molar-refractivity contribution in [3.05, 3.63) is 11.3 Å². The van der Waals surface area contributed by atoms with Crippen molar-refractivity contribution in [1.29, 1.82) is 5.26 Å². The maximum Gasteiger partial charge on any atom is 0.144 e. The first kappa shape index (κ1) is 12.9. The van der Waals surface area contributed by atoms with E-state index in [1.807, 2.05) is 20.9 Å². The largest absolute Gasteiger partial charge is 0.390 e. The lowest BCUT2D eigenvalue weighted by Gasteiger charge is -2.24. The van der Waals surface area contributed by atoms with Crippen molar-refractivity contribution >= 4 is 5.82 Å². The molecule has 5 heteroatoms. The fourth-order valence-electron chi connectivity index (χ4n) is 2.61. The van der Waals surface area contributed by atoms with Gasteiger partial charge < -0.3 is 10.0 Å². The second-order valence-electron chi connectivity index (χ2n) is 5.36. The van der Waals surface area contributed by atoms with Crippen molar-refractivity contribution in [2.45, 2.75) is 38.7 Å². The summed E-state index contributed by atoms with van der Waals surface area (Å²) in [5.74, 6) is 0.882. The second-order valence-corrected chi connectivity index (χ2v) is 5.36. The Balaban J connectivity index is 2.30. The van der Waals surface area contributed by atoms with Crippen LogP contribution in [0, 0.1) is 18.3 Å². The van der Waals surface area contributed by atoms with E-state index in [9.17, 15) is 10.4 Å². The Bertz CT molecular complexity index is 484. The van der Waals surface area contributed by atoms with Crippen molar-refractivity contribution in [3.8, 4) is 6.07 Å². The maximum absolute atomic E-state index is 10.1. The van der Waals surface area contributed by atoms with Crippen molar-refractivity contribution in [1.82, 2.24) is 9.78 Å². The van der Waals surface area contributed by atoms with Gasteiger partial charge in [0.15, 0.2) is 0 Å². The van der Waals surface area contributed by atoms with Crippen molar-refractivity contribution in [2.75, 3.05) is 18.0 Å². The van der Waals surface area contributed by atoms with Crippen molar-refractivity contribution in [3.63, 3.8) is 0 Å². The second kappa shape index (κ2) is 4.62. The van der Waals surface area contributed by atoms with Gasteiger partial charge in [0.25, 0.3) is 0 Å². The van der Waals surface area contributed by atoms with Gasteiger partial charge in [0, 0.05) is 20.1 Å². The van der Waals surface area contributed by atoms with E-state index in [1.54, 1.807) is 4.68 Å². The highest BCUT2D eigenvalue weighted by atomic mass is 16.3. The van der Waals surface area contributed by atoms with Gasteiger partial charge in [0.05, 0.1) is 11.3 Å². The molecule has 2 heterocycles. The lowest BCUT2D eigenvalue weighted by atomic mass is 9.98. The SMILES string of the molecule is Cc1nn(C)c(N2CCCC(C)(O)CC2)c1C#N. The molecule has 1 N–H and O–H groups in total. The Morgan fingerprint density at radius 3 is 2.78 bits per heavy atom. The van der Waals surface area contributed by atoms with E-state index >= 15 is 0 Å². The zero-order valence-corrected chi connectivity index (χ0v) is 11.3. The molecular weight excluding hydrogens is 228 g/mol. The Morgan fingerprint density at radius 1 is 1.39 bits per heavy atom. The number of hydrogen-bond donors (Lipinski definition) is 1. The molecule has 0 radical (unpaired) electrons. The number of hydrogen-bond acceptors (Lipinski definition) is 4. The molecule has 0 aliphatic carbocycles. The molecule has 0 saturated carbocycles. The van der Waals surface area contributed by atoms with E-state index < -0.39 is 5.60 Å². The third kappa shape index (κ3) is 2.34. The smallest absolute Gasteiger partial charge is 0.144 e. The Morgan fingerprint density at radius 2 is 2.11 bits per heavy atom. The van der Waals surface area contributed by atoms with Gasteiger partial charge in [-0.3, -0.25) is 4.68 Å². The Kier molecular flexibility index (Phi) is 3.31. The van der Waals surface area contributed by atoms with Crippen LogP contribution in [0.5, 0.6) is 0 Å². The number of nitriles is 1. The van der Waals surface area contributed by atoms with Crippen LogP contribution in [-0.2, 0) is 7.05 Å². The summed E-state index contributed by atoms with van der Waals surface area (Å²) in [6, 6.07) is 2.24. The summed E-state index contributed by atoms with van der Waals surface area (Å²) in [6.07, 6.45) is 2.46. The molecule has 2 rings (SSSR count). The molecule has 1 saturated heterocycles. The average molecular weight is 248 g/mol. The van der Waals surface area contributed by atoms with Crippen LogP contribution >= 0.6 is 0 Å². The molecule has 1 aromatic rings. The lowest BCUT2D eigenvalue weighted by molar-refractivity contribution is 0.0481. The summed E-state index contributed by atoms with van der Waals surface area (Å²) in [5.41, 5.74) is 0.833. The molecule has 1 unspecified atom stereocenters. The molecule has 5 nitrogen and oxygen atoms in total. The third-order valence-electron chi connectivity index (χ3n) is 3.67. The number of anilines is 1. The molecule has 18 heavy (non-hydrogen) atoms. The molecule has 1 aromatic heterocycles. The minimum atomic E-state index is -0.588. The number of aromatic nitrogens is 2. The van der Waals surface area contributed by atoms with Crippen LogP contribution in [-0.4, -0.2) is 33.6 Å². The highest BCUT2D eigenvalue weighted by Crippen LogP contribution is 2.28. The summed E-state index contributed by atoms with van der Waals surface area (Å²) < 4.78 is 1.77. The van der Waals surface area contributed by atoms with E-state index in [-0.39, 0.29) is 0 Å². The molecule has 1 atom stereocenters. The highest BCUT2D eigenvalue weighted by Gasteiger charge is 2.27. The maximum atomic E-state index is 10.1. The van der Waals surface area contributed by atoms with Crippen LogP contribution in [0.1, 0.15) is 37.4 Å². The monoisotopic (exact) mass is 248 g/mol. The third-order valence-corrected chi connectivity index (χ3v) is 3.67. The zero-order valence-electron chi connectivity index (χ0n) is 11.3. The number of aliphatic hydroxyl groups is 1. The fraction of sp³-hybridized carbons (Fsp3) is 0.692. The molecule has 98 valence electrons. The van der Waals surface area contributed by atoms with Gasteiger partial charge in [-0.2, -0.15) is 10.4 Å². The molecule has 1 aliphatic heterocycles. The summed E-state index contributed by atoms with van der Waals surface area (Å²) in [6.45, 7) is 5.37. The zero-order chi connectivity index (χ0) is 13.3. The van der Waals surface area contributed by atoms with Gasteiger partial charge >= 0.3 is 0 Å². The number of aryl methyl sites for hydroxylation is 2. The molecule has 0 amide bonds. The summed E-state index contributed by atoms with van der Waals surface area (Å²) >= 11 is 0. The van der Waals surface area contributed by atoms with Gasteiger partial charge in [-0.05, 0) is 33.1 Å². The highest BCUT2D eigenvalue weighted by molar-refractivity contribution is 5.57. The summed E-state index contributed by atoms with van der Waals surface area (Å²) in [5, 5.41) is 23.7. The molecule has 1 aliphatic rings. The van der Waals surface area contributed by atoms with Crippen LogP contribution in [0.4, 0.5) is 5.82 Å². The average Bonchev–Trinajstić information content (AvgIpc) is 2.45. The van der Waals surface area contributed by atoms with Crippen LogP contribution in [0.25, 0.3) is 0 Å². The predicted octanol–water partition coefficient (Wildman–Crippen LogP) is 1.34. The van der Waals surface area contributed by atoms with Crippen LogP contribution in [0.3, 0.4) is 0 Å². The van der Waals surface area contributed by atoms with Crippen LogP contribution in [0.2, 0.25) is 0 Å². The van der Waals surface area contributed by atoms with Gasteiger partial charge in [0.1, 0.15) is 17.5 Å². The predicted molar refractivity (Wildman–Crippen MR) is 69.3 cm³/mol. The van der Waals surface area contributed by atoms with E-state index in [2.05, 4.69) is 16.1 Å².